The summed E-state index contributed by atoms with van der Waals surface area (Å²) in [5, 5.41) is 7.56. The van der Waals surface area contributed by atoms with E-state index in [0.29, 0.717) is 18.2 Å². The fourth-order valence-corrected chi connectivity index (χ4v) is 1.68. The van der Waals surface area contributed by atoms with Gasteiger partial charge >= 0.3 is 0 Å². The summed E-state index contributed by atoms with van der Waals surface area (Å²) in [6, 6.07) is 0. The maximum absolute atomic E-state index is 5.56. The van der Waals surface area contributed by atoms with Crippen LogP contribution in [-0.2, 0) is 20.0 Å². The van der Waals surface area contributed by atoms with Crippen molar-refractivity contribution < 1.29 is 0 Å². The number of rotatable bonds is 4. The van der Waals surface area contributed by atoms with Crippen LogP contribution < -0.4 is 11.1 Å². The Morgan fingerprint density at radius 1 is 1.41 bits per heavy atom. The number of nitrogen functional groups attached to an aromatic ring is 1. The van der Waals surface area contributed by atoms with Gasteiger partial charge in [0, 0.05) is 25.4 Å². The number of aryl methyl sites for hydroxylation is 2. The first-order valence-electron chi connectivity index (χ1n) is 5.52. The number of hydrogen-bond acceptors (Lipinski definition) is 5. The number of nitrogens with zero attached hydrogens (tertiary/aromatic N) is 4. The highest BCUT2D eigenvalue weighted by Crippen LogP contribution is 2.10. The molecule has 0 spiro atoms. The van der Waals surface area contributed by atoms with Gasteiger partial charge in [0.1, 0.15) is 11.6 Å². The van der Waals surface area contributed by atoms with E-state index in [1.54, 1.807) is 6.20 Å². The fourth-order valence-electron chi connectivity index (χ4n) is 1.68. The first-order valence-corrected chi connectivity index (χ1v) is 5.52. The van der Waals surface area contributed by atoms with E-state index in [0.717, 1.165) is 12.1 Å². The molecule has 17 heavy (non-hydrogen) atoms. The minimum absolute atomic E-state index is 0.414. The molecule has 6 nitrogen and oxygen atoms in total. The van der Waals surface area contributed by atoms with E-state index in [1.807, 2.05) is 17.9 Å². The molecule has 0 fully saturated rings. The van der Waals surface area contributed by atoms with Gasteiger partial charge in [-0.3, -0.25) is 9.67 Å². The molecule has 0 unspecified atom stereocenters. The lowest BCUT2D eigenvalue weighted by Gasteiger charge is -2.04. The molecule has 0 aromatic carbocycles. The lowest BCUT2D eigenvalue weighted by atomic mass is 10.2. The molecule has 0 amide bonds. The molecule has 0 saturated carbocycles. The van der Waals surface area contributed by atoms with Crippen molar-refractivity contribution in [3.8, 4) is 0 Å². The van der Waals surface area contributed by atoms with Crippen molar-refractivity contribution in [1.82, 2.24) is 19.7 Å². The fraction of sp³-hybridized carbons (Fsp3) is 0.364. The minimum Gasteiger partial charge on any atom is -0.382 e. The molecule has 0 radical (unpaired) electrons. The standard InChI is InChI=1S/C11H16N6/c1-3-9-8(7-17(2)16-9)4-14-11-6-13-5-10(12)15-11/h5-7H,3-4H2,1-2H3,(H3,12,14,15). The summed E-state index contributed by atoms with van der Waals surface area (Å²) < 4.78 is 1.82. The van der Waals surface area contributed by atoms with Crippen LogP contribution in [0.25, 0.3) is 0 Å². The Morgan fingerprint density at radius 2 is 2.24 bits per heavy atom. The summed E-state index contributed by atoms with van der Waals surface area (Å²) in [4.78, 5) is 8.10. The molecular weight excluding hydrogens is 216 g/mol. The van der Waals surface area contributed by atoms with Gasteiger partial charge in [0.15, 0.2) is 0 Å². The third-order valence-electron chi connectivity index (χ3n) is 2.44. The van der Waals surface area contributed by atoms with Crippen LogP contribution >= 0.6 is 0 Å². The lowest BCUT2D eigenvalue weighted by molar-refractivity contribution is 0.746. The van der Waals surface area contributed by atoms with Gasteiger partial charge in [-0.05, 0) is 6.42 Å². The molecule has 2 heterocycles. The van der Waals surface area contributed by atoms with Crippen LogP contribution in [0.3, 0.4) is 0 Å². The Morgan fingerprint density at radius 3 is 2.94 bits per heavy atom. The maximum atomic E-state index is 5.56. The molecule has 0 atom stereocenters. The number of anilines is 2. The summed E-state index contributed by atoms with van der Waals surface area (Å²) in [7, 11) is 1.92. The molecule has 3 N–H and O–H groups in total. The molecule has 0 aliphatic rings. The Hall–Kier alpha value is -2.11. The van der Waals surface area contributed by atoms with Gasteiger partial charge in [-0.1, -0.05) is 6.92 Å². The molecule has 2 aromatic heterocycles. The SMILES string of the molecule is CCc1nn(C)cc1CNc1cncc(N)n1. The smallest absolute Gasteiger partial charge is 0.147 e. The molecule has 0 saturated heterocycles. The van der Waals surface area contributed by atoms with Crippen LogP contribution in [0.15, 0.2) is 18.6 Å². The Bertz CT molecular complexity index is 504. The topological polar surface area (TPSA) is 81.7 Å². The molecule has 6 heteroatoms. The van der Waals surface area contributed by atoms with Crippen molar-refractivity contribution >= 4 is 11.6 Å². The predicted molar refractivity (Wildman–Crippen MR) is 66.4 cm³/mol. The van der Waals surface area contributed by atoms with E-state index in [2.05, 4.69) is 27.3 Å². The Balaban J connectivity index is 2.06. The van der Waals surface area contributed by atoms with E-state index in [9.17, 15) is 0 Å². The Kier molecular flexibility index (Phi) is 3.22. The summed E-state index contributed by atoms with van der Waals surface area (Å²) in [5.41, 5.74) is 7.82. The number of nitrogens with one attached hydrogen (secondary N) is 1. The zero-order valence-corrected chi connectivity index (χ0v) is 10.0. The van der Waals surface area contributed by atoms with Gasteiger partial charge in [-0.15, -0.1) is 0 Å². The van der Waals surface area contributed by atoms with Gasteiger partial charge in [-0.2, -0.15) is 5.10 Å². The van der Waals surface area contributed by atoms with Crippen molar-refractivity contribution in [3.05, 3.63) is 29.8 Å². The molecule has 90 valence electrons. The predicted octanol–water partition coefficient (Wildman–Crippen LogP) is 0.967. The maximum Gasteiger partial charge on any atom is 0.147 e. The molecule has 2 rings (SSSR count). The van der Waals surface area contributed by atoms with Crippen LogP contribution in [0.2, 0.25) is 0 Å². The van der Waals surface area contributed by atoms with Crippen molar-refractivity contribution in [2.24, 2.45) is 7.05 Å². The third-order valence-corrected chi connectivity index (χ3v) is 2.44. The van der Waals surface area contributed by atoms with Crippen LogP contribution in [0, 0.1) is 0 Å². The van der Waals surface area contributed by atoms with Crippen LogP contribution in [0.5, 0.6) is 0 Å². The van der Waals surface area contributed by atoms with E-state index >= 15 is 0 Å². The molecule has 0 aliphatic heterocycles. The summed E-state index contributed by atoms with van der Waals surface area (Å²) in [5.74, 6) is 1.09. The van der Waals surface area contributed by atoms with E-state index in [1.165, 1.54) is 11.8 Å². The zero-order chi connectivity index (χ0) is 12.3. The van der Waals surface area contributed by atoms with Gasteiger partial charge < -0.3 is 11.1 Å². The summed E-state index contributed by atoms with van der Waals surface area (Å²) >= 11 is 0. The molecule has 2 aromatic rings. The average Bonchev–Trinajstić information content (AvgIpc) is 2.67. The van der Waals surface area contributed by atoms with E-state index in [4.69, 9.17) is 5.73 Å². The molecular formula is C11H16N6. The normalized spacial score (nSPS) is 10.5. The minimum atomic E-state index is 0.414. The third kappa shape index (κ3) is 2.72. The first kappa shape index (κ1) is 11.4. The van der Waals surface area contributed by atoms with Gasteiger partial charge in [0.2, 0.25) is 0 Å². The van der Waals surface area contributed by atoms with E-state index < -0.39 is 0 Å². The van der Waals surface area contributed by atoms with Crippen LogP contribution in [-0.4, -0.2) is 19.7 Å². The monoisotopic (exact) mass is 232 g/mol. The second-order valence-corrected chi connectivity index (χ2v) is 3.81. The highest BCUT2D eigenvalue weighted by Gasteiger charge is 2.05. The van der Waals surface area contributed by atoms with Gasteiger partial charge in [-0.25, -0.2) is 4.98 Å². The van der Waals surface area contributed by atoms with Crippen molar-refractivity contribution in [3.63, 3.8) is 0 Å². The van der Waals surface area contributed by atoms with Crippen molar-refractivity contribution in [2.75, 3.05) is 11.1 Å². The number of hydrogen-bond donors (Lipinski definition) is 2. The highest BCUT2D eigenvalue weighted by molar-refractivity contribution is 5.39. The average molecular weight is 232 g/mol. The van der Waals surface area contributed by atoms with Gasteiger partial charge in [0.25, 0.3) is 0 Å². The number of nitrogens with two attached hydrogens (primary N) is 1. The molecule has 0 bridgehead atoms. The largest absolute Gasteiger partial charge is 0.382 e. The molecule has 0 aliphatic carbocycles. The van der Waals surface area contributed by atoms with Gasteiger partial charge in [0.05, 0.1) is 18.1 Å². The zero-order valence-electron chi connectivity index (χ0n) is 10.0. The second-order valence-electron chi connectivity index (χ2n) is 3.81. The lowest BCUT2D eigenvalue weighted by Crippen LogP contribution is -2.04. The van der Waals surface area contributed by atoms with E-state index in [-0.39, 0.29) is 0 Å². The van der Waals surface area contributed by atoms with Crippen LogP contribution in [0.1, 0.15) is 18.2 Å². The quantitative estimate of drug-likeness (QED) is 0.820. The second kappa shape index (κ2) is 4.82. The van der Waals surface area contributed by atoms with Crippen molar-refractivity contribution in [2.45, 2.75) is 19.9 Å². The summed E-state index contributed by atoms with van der Waals surface area (Å²) in [6.45, 7) is 2.77. The summed E-state index contributed by atoms with van der Waals surface area (Å²) in [6.07, 6.45) is 6.09. The highest BCUT2D eigenvalue weighted by atomic mass is 15.3. The van der Waals surface area contributed by atoms with Crippen LogP contribution in [0.4, 0.5) is 11.6 Å². The first-order chi connectivity index (χ1) is 8.19. The number of aromatic nitrogens is 4. The van der Waals surface area contributed by atoms with Crippen molar-refractivity contribution in [1.29, 1.82) is 0 Å². The Labute approximate surface area is 99.9 Å².